The third kappa shape index (κ3) is 4.98. The molecule has 0 bridgehead atoms. The molecule has 6 nitrogen and oxygen atoms in total. The second-order valence-electron chi connectivity index (χ2n) is 4.84. The van der Waals surface area contributed by atoms with Gasteiger partial charge in [0.15, 0.2) is 0 Å². The van der Waals surface area contributed by atoms with Gasteiger partial charge in [-0.05, 0) is 31.5 Å². The molecule has 0 spiro atoms. The van der Waals surface area contributed by atoms with Crippen LogP contribution in [0.25, 0.3) is 0 Å². The number of rotatable bonds is 7. The Morgan fingerprint density at radius 2 is 1.95 bits per heavy atom. The number of nitrogens with zero attached hydrogens (tertiary/aromatic N) is 1. The molecule has 0 aromatic heterocycles. The quantitative estimate of drug-likeness (QED) is 0.654. The Kier molecular flexibility index (Phi) is 6.52. The Labute approximate surface area is 125 Å². The summed E-state index contributed by atoms with van der Waals surface area (Å²) in [6.45, 7) is 5.32. The summed E-state index contributed by atoms with van der Waals surface area (Å²) in [5.74, 6) is -0.203. The molecule has 116 valence electrons. The second kappa shape index (κ2) is 8.14. The number of hydrogen-bond donors (Lipinski definition) is 3. The van der Waals surface area contributed by atoms with Crippen molar-refractivity contribution in [3.8, 4) is 0 Å². The van der Waals surface area contributed by atoms with Crippen LogP contribution in [0.15, 0.2) is 18.2 Å². The van der Waals surface area contributed by atoms with E-state index in [0.29, 0.717) is 24.3 Å². The van der Waals surface area contributed by atoms with Gasteiger partial charge in [0.25, 0.3) is 5.91 Å². The maximum absolute atomic E-state index is 11.7. The first kappa shape index (κ1) is 16.8. The van der Waals surface area contributed by atoms with E-state index in [2.05, 4.69) is 10.6 Å². The predicted octanol–water partition coefficient (Wildman–Crippen LogP) is 0.981. The topological polar surface area (TPSA) is 87.5 Å². The number of carbonyl (C=O) groups is 2. The van der Waals surface area contributed by atoms with Crippen molar-refractivity contribution >= 4 is 23.2 Å². The second-order valence-corrected chi connectivity index (χ2v) is 4.84. The molecule has 0 saturated carbocycles. The first-order valence-corrected chi connectivity index (χ1v) is 7.15. The molecule has 0 aliphatic carbocycles. The van der Waals surface area contributed by atoms with Gasteiger partial charge >= 0.3 is 0 Å². The standard InChI is InChI=1S/C15H24N4O2/c1-4-8-18-14(20)10-19(3)13-7-6-11(9-12(13)16)15(21)17-5-2/h6-7,9H,4-5,8,10,16H2,1-3H3,(H,17,21)(H,18,20). The Balaban J connectivity index is 2.75. The molecule has 0 aliphatic heterocycles. The van der Waals surface area contributed by atoms with E-state index in [-0.39, 0.29) is 18.4 Å². The zero-order valence-electron chi connectivity index (χ0n) is 12.9. The highest BCUT2D eigenvalue weighted by Crippen LogP contribution is 2.23. The molecule has 0 radical (unpaired) electrons. The first-order chi connectivity index (χ1) is 9.99. The lowest BCUT2D eigenvalue weighted by molar-refractivity contribution is -0.119. The summed E-state index contributed by atoms with van der Waals surface area (Å²) in [5.41, 5.74) is 7.70. The number of likely N-dealkylation sites (N-methyl/N-ethyl adjacent to an activating group) is 1. The highest BCUT2D eigenvalue weighted by molar-refractivity contribution is 5.96. The molecule has 21 heavy (non-hydrogen) atoms. The molecule has 2 amide bonds. The van der Waals surface area contributed by atoms with Gasteiger partial charge < -0.3 is 21.3 Å². The number of nitrogens with one attached hydrogen (secondary N) is 2. The minimum absolute atomic E-state index is 0.0495. The molecule has 0 unspecified atom stereocenters. The first-order valence-electron chi connectivity index (χ1n) is 7.15. The van der Waals surface area contributed by atoms with Crippen LogP contribution < -0.4 is 21.3 Å². The van der Waals surface area contributed by atoms with E-state index < -0.39 is 0 Å². The lowest BCUT2D eigenvalue weighted by Gasteiger charge is -2.21. The molecule has 0 heterocycles. The van der Waals surface area contributed by atoms with Gasteiger partial charge in [-0.15, -0.1) is 0 Å². The van der Waals surface area contributed by atoms with Crippen LogP contribution in [0.1, 0.15) is 30.6 Å². The van der Waals surface area contributed by atoms with E-state index >= 15 is 0 Å². The molecule has 6 heteroatoms. The number of nitrogen functional groups attached to an aromatic ring is 1. The van der Waals surface area contributed by atoms with E-state index in [1.807, 2.05) is 13.8 Å². The smallest absolute Gasteiger partial charge is 0.251 e. The van der Waals surface area contributed by atoms with Gasteiger partial charge in [-0.25, -0.2) is 0 Å². The predicted molar refractivity (Wildman–Crippen MR) is 85.4 cm³/mol. The molecular weight excluding hydrogens is 268 g/mol. The van der Waals surface area contributed by atoms with Crippen molar-refractivity contribution in [2.45, 2.75) is 20.3 Å². The summed E-state index contributed by atoms with van der Waals surface area (Å²) in [6, 6.07) is 5.09. The molecule has 0 saturated heterocycles. The summed E-state index contributed by atoms with van der Waals surface area (Å²) in [7, 11) is 1.79. The van der Waals surface area contributed by atoms with Gasteiger partial charge in [-0.2, -0.15) is 0 Å². The normalized spacial score (nSPS) is 10.0. The van der Waals surface area contributed by atoms with Crippen LogP contribution in [-0.2, 0) is 4.79 Å². The summed E-state index contributed by atoms with van der Waals surface area (Å²) in [5, 5.41) is 5.53. The SMILES string of the molecule is CCCNC(=O)CN(C)c1ccc(C(=O)NCC)cc1N. The van der Waals surface area contributed by atoms with Gasteiger partial charge in [-0.3, -0.25) is 9.59 Å². The minimum Gasteiger partial charge on any atom is -0.397 e. The highest BCUT2D eigenvalue weighted by Gasteiger charge is 2.12. The third-order valence-corrected chi connectivity index (χ3v) is 2.99. The summed E-state index contributed by atoms with van der Waals surface area (Å²) >= 11 is 0. The number of carbonyl (C=O) groups excluding carboxylic acids is 2. The number of benzene rings is 1. The van der Waals surface area contributed by atoms with Gasteiger partial charge in [0.1, 0.15) is 0 Å². The zero-order valence-corrected chi connectivity index (χ0v) is 12.9. The minimum atomic E-state index is -0.154. The summed E-state index contributed by atoms with van der Waals surface area (Å²) in [4.78, 5) is 25.2. The van der Waals surface area contributed by atoms with Crippen LogP contribution in [0.4, 0.5) is 11.4 Å². The van der Waals surface area contributed by atoms with Gasteiger partial charge in [0, 0.05) is 25.7 Å². The van der Waals surface area contributed by atoms with Crippen molar-refractivity contribution in [3.05, 3.63) is 23.8 Å². The van der Waals surface area contributed by atoms with Gasteiger partial charge in [0.05, 0.1) is 17.9 Å². The largest absolute Gasteiger partial charge is 0.397 e. The van der Waals surface area contributed by atoms with E-state index in [4.69, 9.17) is 5.73 Å². The third-order valence-electron chi connectivity index (χ3n) is 2.99. The molecule has 4 N–H and O–H groups in total. The molecule has 1 rings (SSSR count). The van der Waals surface area contributed by atoms with Crippen LogP contribution in [0.3, 0.4) is 0 Å². The maximum Gasteiger partial charge on any atom is 0.251 e. The van der Waals surface area contributed by atoms with E-state index in [9.17, 15) is 9.59 Å². The summed E-state index contributed by atoms with van der Waals surface area (Å²) in [6.07, 6.45) is 0.902. The van der Waals surface area contributed by atoms with Crippen LogP contribution in [-0.4, -0.2) is 38.5 Å². The van der Waals surface area contributed by atoms with E-state index in [0.717, 1.165) is 12.1 Å². The van der Waals surface area contributed by atoms with Crippen LogP contribution in [0.5, 0.6) is 0 Å². The molecule has 0 aliphatic rings. The fraction of sp³-hybridized carbons (Fsp3) is 0.467. The van der Waals surface area contributed by atoms with E-state index in [1.54, 1.807) is 30.1 Å². The average Bonchev–Trinajstić information content (AvgIpc) is 2.45. The van der Waals surface area contributed by atoms with Gasteiger partial charge in [-0.1, -0.05) is 6.92 Å². The van der Waals surface area contributed by atoms with Crippen molar-refractivity contribution in [2.24, 2.45) is 0 Å². The van der Waals surface area contributed by atoms with Crippen LogP contribution in [0.2, 0.25) is 0 Å². The van der Waals surface area contributed by atoms with Crippen molar-refractivity contribution in [1.29, 1.82) is 0 Å². The van der Waals surface area contributed by atoms with Gasteiger partial charge in [0.2, 0.25) is 5.91 Å². The van der Waals surface area contributed by atoms with Crippen molar-refractivity contribution in [3.63, 3.8) is 0 Å². The highest BCUT2D eigenvalue weighted by atomic mass is 16.2. The van der Waals surface area contributed by atoms with Crippen molar-refractivity contribution in [1.82, 2.24) is 10.6 Å². The molecular formula is C15H24N4O2. The molecule has 0 atom stereocenters. The average molecular weight is 292 g/mol. The lowest BCUT2D eigenvalue weighted by Crippen LogP contribution is -2.35. The summed E-state index contributed by atoms with van der Waals surface area (Å²) < 4.78 is 0. The Hall–Kier alpha value is -2.24. The Morgan fingerprint density at radius 3 is 2.52 bits per heavy atom. The number of nitrogens with two attached hydrogens (primary N) is 1. The lowest BCUT2D eigenvalue weighted by atomic mass is 10.1. The Morgan fingerprint density at radius 1 is 1.24 bits per heavy atom. The van der Waals surface area contributed by atoms with E-state index in [1.165, 1.54) is 0 Å². The monoisotopic (exact) mass is 292 g/mol. The van der Waals surface area contributed by atoms with Crippen molar-refractivity contribution < 1.29 is 9.59 Å². The molecule has 1 aromatic carbocycles. The van der Waals surface area contributed by atoms with Crippen LogP contribution >= 0.6 is 0 Å². The zero-order chi connectivity index (χ0) is 15.8. The fourth-order valence-electron chi connectivity index (χ4n) is 1.93. The Bertz CT molecular complexity index is 502. The number of amides is 2. The van der Waals surface area contributed by atoms with Crippen LogP contribution in [0, 0.1) is 0 Å². The fourth-order valence-corrected chi connectivity index (χ4v) is 1.93. The number of anilines is 2. The molecule has 1 aromatic rings. The maximum atomic E-state index is 11.7. The molecule has 0 fully saturated rings. The number of hydrogen-bond acceptors (Lipinski definition) is 4. The van der Waals surface area contributed by atoms with Crippen molar-refractivity contribution in [2.75, 3.05) is 37.3 Å².